The maximum atomic E-state index is 8.90. The molecule has 1 N–H and O–H groups in total. The standard InChI is InChI=1S/C13H12N2/c1-2-10-3-5-11(6-4-10)13-12(9-14)7-8-15-13/h3-8,15H,2H2,1H3. The lowest BCUT2D eigenvalue weighted by Crippen LogP contribution is -1.83. The molecular formula is C13H12N2. The second-order valence-corrected chi connectivity index (χ2v) is 3.43. The molecule has 0 bridgehead atoms. The summed E-state index contributed by atoms with van der Waals surface area (Å²) in [5.41, 5.74) is 3.97. The van der Waals surface area contributed by atoms with Gasteiger partial charge in [0.1, 0.15) is 6.07 Å². The van der Waals surface area contributed by atoms with Crippen molar-refractivity contribution in [3.05, 3.63) is 47.7 Å². The summed E-state index contributed by atoms with van der Waals surface area (Å²) in [6, 6.07) is 12.2. The smallest absolute Gasteiger partial charge is 0.101 e. The number of rotatable bonds is 2. The van der Waals surface area contributed by atoms with Crippen LogP contribution in [0.15, 0.2) is 36.5 Å². The van der Waals surface area contributed by atoms with Crippen LogP contribution >= 0.6 is 0 Å². The molecule has 0 atom stereocenters. The third-order valence-corrected chi connectivity index (χ3v) is 2.52. The minimum Gasteiger partial charge on any atom is -0.360 e. The Balaban J connectivity index is 2.42. The first-order valence-electron chi connectivity index (χ1n) is 5.02. The molecule has 2 aromatic rings. The van der Waals surface area contributed by atoms with E-state index >= 15 is 0 Å². The number of hydrogen-bond donors (Lipinski definition) is 1. The molecule has 0 saturated carbocycles. The van der Waals surface area contributed by atoms with Gasteiger partial charge in [0.2, 0.25) is 0 Å². The molecule has 0 aliphatic heterocycles. The average molecular weight is 196 g/mol. The Kier molecular flexibility index (Phi) is 2.55. The maximum Gasteiger partial charge on any atom is 0.101 e. The highest BCUT2D eigenvalue weighted by atomic mass is 14.7. The van der Waals surface area contributed by atoms with Crippen molar-refractivity contribution in [1.82, 2.24) is 4.98 Å². The molecule has 0 fully saturated rings. The van der Waals surface area contributed by atoms with Crippen LogP contribution in [0.25, 0.3) is 11.3 Å². The van der Waals surface area contributed by atoms with Crippen molar-refractivity contribution in [3.63, 3.8) is 0 Å². The van der Waals surface area contributed by atoms with Gasteiger partial charge >= 0.3 is 0 Å². The predicted molar refractivity (Wildman–Crippen MR) is 60.3 cm³/mol. The molecule has 2 nitrogen and oxygen atoms in total. The molecule has 0 spiro atoms. The van der Waals surface area contributed by atoms with Gasteiger partial charge in [-0.05, 0) is 23.6 Å². The van der Waals surface area contributed by atoms with Crippen LogP contribution in [0.4, 0.5) is 0 Å². The second kappa shape index (κ2) is 4.02. The van der Waals surface area contributed by atoms with Gasteiger partial charge in [-0.3, -0.25) is 0 Å². The molecule has 0 aliphatic carbocycles. The van der Waals surface area contributed by atoms with Crippen LogP contribution in [0.3, 0.4) is 0 Å². The van der Waals surface area contributed by atoms with Crippen LogP contribution in [-0.4, -0.2) is 4.98 Å². The largest absolute Gasteiger partial charge is 0.360 e. The van der Waals surface area contributed by atoms with Crippen LogP contribution in [0.5, 0.6) is 0 Å². The van der Waals surface area contributed by atoms with E-state index in [0.29, 0.717) is 5.56 Å². The zero-order chi connectivity index (χ0) is 10.7. The minimum absolute atomic E-state index is 0.694. The van der Waals surface area contributed by atoms with Crippen molar-refractivity contribution in [3.8, 4) is 17.3 Å². The number of nitrogens with zero attached hydrogens (tertiary/aromatic N) is 1. The Bertz CT molecular complexity index is 486. The van der Waals surface area contributed by atoms with Crippen LogP contribution < -0.4 is 0 Å². The first kappa shape index (κ1) is 9.54. The summed E-state index contributed by atoms with van der Waals surface area (Å²) in [6.45, 7) is 2.13. The number of benzene rings is 1. The van der Waals surface area contributed by atoms with E-state index in [4.69, 9.17) is 5.26 Å². The number of aryl methyl sites for hydroxylation is 1. The van der Waals surface area contributed by atoms with Gasteiger partial charge in [-0.15, -0.1) is 0 Å². The highest BCUT2D eigenvalue weighted by molar-refractivity contribution is 5.66. The lowest BCUT2D eigenvalue weighted by Gasteiger charge is -2.01. The highest BCUT2D eigenvalue weighted by Gasteiger charge is 2.04. The molecular weight excluding hydrogens is 184 g/mol. The van der Waals surface area contributed by atoms with E-state index in [0.717, 1.165) is 17.7 Å². The van der Waals surface area contributed by atoms with E-state index in [1.807, 2.05) is 12.1 Å². The number of hydrogen-bond acceptors (Lipinski definition) is 1. The molecule has 1 aromatic carbocycles. The first-order chi connectivity index (χ1) is 7.35. The summed E-state index contributed by atoms with van der Waals surface area (Å²) in [7, 11) is 0. The van der Waals surface area contributed by atoms with E-state index in [2.05, 4.69) is 30.1 Å². The van der Waals surface area contributed by atoms with Crippen molar-refractivity contribution in [2.24, 2.45) is 0 Å². The zero-order valence-electron chi connectivity index (χ0n) is 8.62. The van der Waals surface area contributed by atoms with Crippen molar-refractivity contribution in [1.29, 1.82) is 5.26 Å². The van der Waals surface area contributed by atoms with Crippen molar-refractivity contribution < 1.29 is 0 Å². The number of aromatic nitrogens is 1. The number of nitrogens with one attached hydrogen (secondary N) is 1. The molecule has 2 heteroatoms. The molecule has 2 rings (SSSR count). The van der Waals surface area contributed by atoms with Crippen LogP contribution in [0, 0.1) is 11.3 Å². The molecule has 0 saturated heterocycles. The topological polar surface area (TPSA) is 39.6 Å². The van der Waals surface area contributed by atoms with Crippen LogP contribution in [0.2, 0.25) is 0 Å². The molecule has 74 valence electrons. The average Bonchev–Trinajstić information content (AvgIpc) is 2.77. The molecule has 1 aromatic heterocycles. The van der Waals surface area contributed by atoms with Gasteiger partial charge in [0.25, 0.3) is 0 Å². The van der Waals surface area contributed by atoms with Crippen LogP contribution in [-0.2, 0) is 6.42 Å². The summed E-state index contributed by atoms with van der Waals surface area (Å²) >= 11 is 0. The summed E-state index contributed by atoms with van der Waals surface area (Å²) in [5, 5.41) is 8.90. The quantitative estimate of drug-likeness (QED) is 0.787. The maximum absolute atomic E-state index is 8.90. The Morgan fingerprint density at radius 1 is 1.20 bits per heavy atom. The normalized spacial score (nSPS) is 9.87. The fourth-order valence-corrected chi connectivity index (χ4v) is 1.61. The number of H-pyrrole nitrogens is 1. The third-order valence-electron chi connectivity index (χ3n) is 2.52. The lowest BCUT2D eigenvalue weighted by molar-refractivity contribution is 1.14. The van der Waals surface area contributed by atoms with Gasteiger partial charge in [0.05, 0.1) is 11.3 Å². The highest BCUT2D eigenvalue weighted by Crippen LogP contribution is 2.21. The molecule has 1 heterocycles. The molecule has 0 amide bonds. The van der Waals surface area contributed by atoms with Gasteiger partial charge in [0.15, 0.2) is 0 Å². The Morgan fingerprint density at radius 3 is 2.53 bits per heavy atom. The van der Waals surface area contributed by atoms with Gasteiger partial charge in [-0.2, -0.15) is 5.26 Å². The predicted octanol–water partition coefficient (Wildman–Crippen LogP) is 3.12. The van der Waals surface area contributed by atoms with Gasteiger partial charge in [-0.1, -0.05) is 31.2 Å². The van der Waals surface area contributed by atoms with Gasteiger partial charge in [0, 0.05) is 6.20 Å². The SMILES string of the molecule is CCc1ccc(-c2[nH]ccc2C#N)cc1. The fraction of sp³-hybridized carbons (Fsp3) is 0.154. The van der Waals surface area contributed by atoms with Crippen molar-refractivity contribution >= 4 is 0 Å². The third kappa shape index (κ3) is 1.77. The Morgan fingerprint density at radius 2 is 1.93 bits per heavy atom. The first-order valence-corrected chi connectivity index (χ1v) is 5.02. The monoisotopic (exact) mass is 196 g/mol. The summed E-state index contributed by atoms with van der Waals surface area (Å²) < 4.78 is 0. The van der Waals surface area contributed by atoms with E-state index < -0.39 is 0 Å². The van der Waals surface area contributed by atoms with Gasteiger partial charge < -0.3 is 4.98 Å². The van der Waals surface area contributed by atoms with Gasteiger partial charge in [-0.25, -0.2) is 0 Å². The van der Waals surface area contributed by atoms with E-state index in [9.17, 15) is 0 Å². The van der Waals surface area contributed by atoms with E-state index in [1.165, 1.54) is 5.56 Å². The van der Waals surface area contributed by atoms with E-state index in [1.54, 1.807) is 12.3 Å². The summed E-state index contributed by atoms with van der Waals surface area (Å²) in [6.07, 6.45) is 2.83. The van der Waals surface area contributed by atoms with Crippen LogP contribution in [0.1, 0.15) is 18.1 Å². The number of nitriles is 1. The fourth-order valence-electron chi connectivity index (χ4n) is 1.61. The summed E-state index contributed by atoms with van der Waals surface area (Å²) in [4.78, 5) is 3.09. The molecule has 15 heavy (non-hydrogen) atoms. The molecule has 0 unspecified atom stereocenters. The lowest BCUT2D eigenvalue weighted by atomic mass is 10.1. The Labute approximate surface area is 89.2 Å². The summed E-state index contributed by atoms with van der Waals surface area (Å²) in [5.74, 6) is 0. The van der Waals surface area contributed by atoms with Crippen molar-refractivity contribution in [2.75, 3.05) is 0 Å². The molecule has 0 radical (unpaired) electrons. The van der Waals surface area contributed by atoms with Crippen molar-refractivity contribution in [2.45, 2.75) is 13.3 Å². The minimum atomic E-state index is 0.694. The Hall–Kier alpha value is -2.01. The zero-order valence-corrected chi connectivity index (χ0v) is 8.62. The van der Waals surface area contributed by atoms with E-state index in [-0.39, 0.29) is 0 Å². The second-order valence-electron chi connectivity index (χ2n) is 3.43. The molecule has 0 aliphatic rings. The number of aromatic amines is 1.